The van der Waals surface area contributed by atoms with Crippen molar-refractivity contribution >= 4 is 15.6 Å². The Labute approximate surface area is 143 Å². The Morgan fingerprint density at radius 1 is 0.905 bits per heavy atom. The molecule has 0 aliphatic heterocycles. The first-order valence-corrected chi connectivity index (χ1v) is 8.41. The summed E-state index contributed by atoms with van der Waals surface area (Å²) in [6.45, 7) is -0.936. The van der Waals surface area contributed by atoms with Gasteiger partial charge in [0.2, 0.25) is 0 Å². The van der Waals surface area contributed by atoms with Crippen LogP contribution in [0.1, 0.15) is 6.42 Å². The van der Waals surface area contributed by atoms with E-state index in [1.54, 1.807) is 0 Å². The molecule has 122 valence electrons. The zero-order valence-corrected chi connectivity index (χ0v) is 15.1. The van der Waals surface area contributed by atoms with Gasteiger partial charge in [-0.3, -0.25) is 9.05 Å². The van der Waals surface area contributed by atoms with Gasteiger partial charge in [-0.25, -0.2) is 9.13 Å². The molecular weight excluding hydrogens is 345 g/mol. The maximum Gasteiger partial charge on any atom is 1.00 e. The molecule has 0 aromatic rings. The maximum absolute atomic E-state index is 11.0. The summed E-state index contributed by atoms with van der Waals surface area (Å²) in [6, 6.07) is 0. The van der Waals surface area contributed by atoms with Crippen LogP contribution in [0.3, 0.4) is 0 Å². The molecule has 14 heteroatoms. The Bertz CT molecular complexity index is 341. The Kier molecular flexibility index (Phi) is 14.5. The van der Waals surface area contributed by atoms with Gasteiger partial charge in [0.25, 0.3) is 0 Å². The largest absolute Gasteiger partial charge is 1.00 e. The number of rotatable bonds is 12. The maximum atomic E-state index is 11.0. The Morgan fingerprint density at radius 3 is 2.00 bits per heavy atom. The first-order chi connectivity index (χ1) is 9.10. The van der Waals surface area contributed by atoms with E-state index >= 15 is 0 Å². The van der Waals surface area contributed by atoms with E-state index in [0.717, 1.165) is 0 Å². The summed E-state index contributed by atoms with van der Waals surface area (Å²) in [4.78, 5) is 33.3. The Morgan fingerprint density at radius 2 is 1.48 bits per heavy atom. The van der Waals surface area contributed by atoms with E-state index in [-0.39, 0.29) is 56.0 Å². The second kappa shape index (κ2) is 12.5. The van der Waals surface area contributed by atoms with Gasteiger partial charge >= 0.3 is 45.2 Å². The Balaban J connectivity index is 0. The smallest absolute Gasteiger partial charge is 0.829 e. The minimum absolute atomic E-state index is 0. The average molecular weight is 362 g/mol. The van der Waals surface area contributed by atoms with E-state index in [1.165, 1.54) is 0 Å². The molecule has 4 N–H and O–H groups in total. The van der Waals surface area contributed by atoms with E-state index in [1.807, 2.05) is 0 Å². The zero-order valence-electron chi connectivity index (χ0n) is 11.4. The van der Waals surface area contributed by atoms with Crippen LogP contribution in [0.4, 0.5) is 0 Å². The summed E-state index contributed by atoms with van der Waals surface area (Å²) >= 11 is 0. The van der Waals surface area contributed by atoms with Crippen LogP contribution in [0, 0.1) is 0 Å². The fourth-order valence-corrected chi connectivity index (χ4v) is 1.53. The van der Waals surface area contributed by atoms with E-state index < -0.39 is 28.5 Å². The van der Waals surface area contributed by atoms with Crippen molar-refractivity contribution in [2.24, 2.45) is 0 Å². The van der Waals surface area contributed by atoms with Crippen LogP contribution in [0.25, 0.3) is 0 Å². The minimum Gasteiger partial charge on any atom is -0.829 e. The van der Waals surface area contributed by atoms with E-state index in [9.17, 15) is 14.2 Å². The van der Waals surface area contributed by atoms with Crippen molar-refractivity contribution in [1.82, 2.24) is 0 Å². The predicted molar refractivity (Wildman–Crippen MR) is 61.2 cm³/mol. The molecule has 0 radical (unpaired) electrons. The van der Waals surface area contributed by atoms with Crippen LogP contribution in [0.5, 0.6) is 0 Å². The standard InChI is InChI=1S/C7H17O11P2.Na/c8-7(6-18-20(12,13)14)16-3-1-2-15-4-5-17-19(9,10)11;/h7H,1-6H2,(H2,9,10,11)(H2,12,13,14);/q-1;+1. The second-order valence-corrected chi connectivity index (χ2v) is 5.86. The molecule has 0 aliphatic carbocycles. The SMILES string of the molecule is O=P(O)(O)OCCOCCCOC([O-])COP(=O)(O)O.[Na+]. The van der Waals surface area contributed by atoms with E-state index in [4.69, 9.17) is 24.3 Å². The molecule has 0 spiro atoms. The summed E-state index contributed by atoms with van der Waals surface area (Å²) in [5, 5.41) is 11.0. The predicted octanol–water partition coefficient (Wildman–Crippen LogP) is -4.68. The second-order valence-electron chi connectivity index (χ2n) is 3.38. The third kappa shape index (κ3) is 21.1. The minimum atomic E-state index is -4.67. The fourth-order valence-electron chi connectivity index (χ4n) is 0.899. The van der Waals surface area contributed by atoms with Crippen molar-refractivity contribution in [1.29, 1.82) is 0 Å². The molecule has 21 heavy (non-hydrogen) atoms. The van der Waals surface area contributed by atoms with Gasteiger partial charge in [0, 0.05) is 19.5 Å². The first kappa shape index (κ1) is 24.4. The van der Waals surface area contributed by atoms with E-state index in [2.05, 4.69) is 13.8 Å². The monoisotopic (exact) mass is 362 g/mol. The van der Waals surface area contributed by atoms with Crippen molar-refractivity contribution in [3.63, 3.8) is 0 Å². The third-order valence-electron chi connectivity index (χ3n) is 1.60. The Hall–Kier alpha value is 1.10. The average Bonchev–Trinajstić information content (AvgIpc) is 2.27. The quantitative estimate of drug-likeness (QED) is 0.114. The van der Waals surface area contributed by atoms with Gasteiger partial charge < -0.3 is 34.2 Å². The van der Waals surface area contributed by atoms with Crippen molar-refractivity contribution in [2.75, 3.05) is 33.0 Å². The van der Waals surface area contributed by atoms with Crippen LogP contribution in [-0.4, -0.2) is 58.9 Å². The van der Waals surface area contributed by atoms with Crippen LogP contribution >= 0.6 is 15.6 Å². The van der Waals surface area contributed by atoms with Crippen LogP contribution < -0.4 is 34.7 Å². The van der Waals surface area contributed by atoms with Crippen LogP contribution in [-0.2, 0) is 27.7 Å². The zero-order chi connectivity index (χ0) is 15.6. The van der Waals surface area contributed by atoms with Gasteiger partial charge in [-0.15, -0.1) is 0 Å². The number of phosphoric ester groups is 2. The number of ether oxygens (including phenoxy) is 2. The summed E-state index contributed by atoms with van der Waals surface area (Å²) in [5.41, 5.74) is 0. The summed E-state index contributed by atoms with van der Waals surface area (Å²) in [7, 11) is -9.16. The molecule has 11 nitrogen and oxygen atoms in total. The normalized spacial score (nSPS) is 13.8. The molecule has 0 rings (SSSR count). The molecule has 0 saturated carbocycles. The van der Waals surface area contributed by atoms with Gasteiger partial charge in [-0.1, -0.05) is 0 Å². The van der Waals surface area contributed by atoms with Gasteiger partial charge in [-0.2, -0.15) is 0 Å². The summed E-state index contributed by atoms with van der Waals surface area (Å²) in [5.74, 6) is 0. The topological polar surface area (TPSA) is 175 Å². The van der Waals surface area contributed by atoms with Gasteiger partial charge in [-0.05, 0) is 6.42 Å². The van der Waals surface area contributed by atoms with Crippen LogP contribution in [0.2, 0.25) is 0 Å². The van der Waals surface area contributed by atoms with Gasteiger partial charge in [0.05, 0.1) is 19.8 Å². The van der Waals surface area contributed by atoms with Crippen molar-refractivity contribution < 1.29 is 81.9 Å². The molecule has 1 atom stereocenters. The van der Waals surface area contributed by atoms with Crippen molar-refractivity contribution in [3.8, 4) is 0 Å². The van der Waals surface area contributed by atoms with Crippen molar-refractivity contribution in [3.05, 3.63) is 0 Å². The molecular formula is C7H17NaO11P2. The molecule has 0 amide bonds. The molecule has 0 fully saturated rings. The summed E-state index contributed by atoms with van der Waals surface area (Å²) < 4.78 is 38.1. The van der Waals surface area contributed by atoms with Crippen LogP contribution in [0.15, 0.2) is 0 Å². The van der Waals surface area contributed by atoms with Crippen molar-refractivity contribution in [2.45, 2.75) is 12.7 Å². The fraction of sp³-hybridized carbons (Fsp3) is 1.00. The number of hydrogen-bond donors (Lipinski definition) is 4. The molecule has 0 aliphatic rings. The molecule has 0 aromatic heterocycles. The number of hydrogen-bond acceptors (Lipinski definition) is 7. The molecule has 0 aromatic carbocycles. The number of phosphoric acid groups is 2. The molecule has 0 saturated heterocycles. The van der Waals surface area contributed by atoms with E-state index in [0.29, 0.717) is 6.42 Å². The third-order valence-corrected chi connectivity index (χ3v) is 2.61. The summed E-state index contributed by atoms with van der Waals surface area (Å²) in [6.07, 6.45) is -1.41. The van der Waals surface area contributed by atoms with Gasteiger partial charge in [0.15, 0.2) is 0 Å². The first-order valence-electron chi connectivity index (χ1n) is 5.35. The van der Waals surface area contributed by atoms with Gasteiger partial charge in [0.1, 0.15) is 0 Å². The molecule has 0 heterocycles. The molecule has 0 bridgehead atoms. The molecule has 1 unspecified atom stereocenters.